The topological polar surface area (TPSA) is 61.9 Å². The second-order valence-corrected chi connectivity index (χ2v) is 6.27. The highest BCUT2D eigenvalue weighted by Crippen LogP contribution is 2.29. The number of aromatic nitrogens is 2. The van der Waals surface area contributed by atoms with Crippen LogP contribution in [0.4, 0.5) is 34.6 Å². The van der Waals surface area contributed by atoms with E-state index >= 15 is 0 Å². The van der Waals surface area contributed by atoms with Crippen LogP contribution in [0.25, 0.3) is 0 Å². The monoisotopic (exact) mass is 369 g/mol. The summed E-state index contributed by atoms with van der Waals surface area (Å²) in [6.07, 6.45) is 0.625. The van der Waals surface area contributed by atoms with E-state index in [1.165, 1.54) is 12.3 Å². The molecule has 3 N–H and O–H groups in total. The summed E-state index contributed by atoms with van der Waals surface area (Å²) in [5.41, 5.74) is -0.615. The van der Waals surface area contributed by atoms with Crippen molar-refractivity contribution >= 4 is 17.1 Å². The predicted molar refractivity (Wildman–Crippen MR) is 91.2 cm³/mol. The number of nitrogens with one attached hydrogen (secondary N) is 3. The van der Waals surface area contributed by atoms with E-state index in [4.69, 9.17) is 0 Å². The average molecular weight is 369 g/mol. The molecule has 1 saturated heterocycles. The summed E-state index contributed by atoms with van der Waals surface area (Å²) in [6, 6.07) is 3.92. The zero-order valence-electron chi connectivity index (χ0n) is 13.9. The van der Waals surface area contributed by atoms with Crippen LogP contribution < -0.4 is 16.0 Å². The molecule has 0 amide bonds. The van der Waals surface area contributed by atoms with Gasteiger partial charge in [-0.2, -0.15) is 13.2 Å². The lowest BCUT2D eigenvalue weighted by Gasteiger charge is -2.30. The van der Waals surface area contributed by atoms with Crippen LogP contribution in [0.1, 0.15) is 18.5 Å². The summed E-state index contributed by atoms with van der Waals surface area (Å²) in [6.45, 7) is 1.49. The largest absolute Gasteiger partial charge is 0.433 e. The Labute approximate surface area is 148 Å². The molecule has 1 aliphatic heterocycles. The molecular formula is C17H19F4N5. The van der Waals surface area contributed by atoms with Gasteiger partial charge < -0.3 is 16.0 Å². The third kappa shape index (κ3) is 4.81. The highest BCUT2D eigenvalue weighted by atomic mass is 19.4. The van der Waals surface area contributed by atoms with Crippen LogP contribution in [-0.2, 0) is 6.18 Å². The van der Waals surface area contributed by atoms with Gasteiger partial charge >= 0.3 is 6.18 Å². The Morgan fingerprint density at radius 2 is 1.77 bits per heavy atom. The molecule has 9 heteroatoms. The number of hydrogen-bond acceptors (Lipinski definition) is 5. The number of alkyl halides is 4. The van der Waals surface area contributed by atoms with Gasteiger partial charge in [0.15, 0.2) is 0 Å². The third-order valence-electron chi connectivity index (χ3n) is 4.19. The van der Waals surface area contributed by atoms with Gasteiger partial charge in [0.1, 0.15) is 11.4 Å². The van der Waals surface area contributed by atoms with Crippen LogP contribution in [0, 0.1) is 0 Å². The van der Waals surface area contributed by atoms with Gasteiger partial charge in [0.2, 0.25) is 0 Å². The Balaban J connectivity index is 1.62. The first-order valence-corrected chi connectivity index (χ1v) is 8.23. The molecule has 0 spiro atoms. The van der Waals surface area contributed by atoms with Crippen molar-refractivity contribution in [3.05, 3.63) is 42.5 Å². The van der Waals surface area contributed by atoms with Crippen LogP contribution in [0.15, 0.2) is 36.8 Å². The summed E-state index contributed by atoms with van der Waals surface area (Å²) in [4.78, 5) is 7.46. The molecule has 0 unspecified atom stereocenters. The molecule has 2 aromatic heterocycles. The minimum atomic E-state index is -4.47. The summed E-state index contributed by atoms with van der Waals surface area (Å²) in [7, 11) is 0. The fourth-order valence-electron chi connectivity index (χ4n) is 2.72. The van der Waals surface area contributed by atoms with Crippen molar-refractivity contribution in [3.63, 3.8) is 0 Å². The lowest BCUT2D eigenvalue weighted by atomic mass is 9.94. The molecule has 2 aromatic rings. The molecule has 26 heavy (non-hydrogen) atoms. The normalized spacial score (nSPS) is 16.9. The van der Waals surface area contributed by atoms with Crippen molar-refractivity contribution < 1.29 is 17.6 Å². The molecule has 0 saturated carbocycles. The first kappa shape index (κ1) is 18.4. The van der Waals surface area contributed by atoms with Crippen molar-refractivity contribution in [2.45, 2.75) is 24.7 Å². The molecule has 1 aliphatic rings. The molecule has 0 aromatic carbocycles. The first-order chi connectivity index (χ1) is 12.3. The second-order valence-electron chi connectivity index (χ2n) is 6.27. The van der Waals surface area contributed by atoms with Gasteiger partial charge in [-0.1, -0.05) is 0 Å². The van der Waals surface area contributed by atoms with Gasteiger partial charge in [0.25, 0.3) is 0 Å². The van der Waals surface area contributed by atoms with E-state index in [9.17, 15) is 17.6 Å². The zero-order chi connectivity index (χ0) is 18.6. The standard InChI is InChI=1S/C17H19F4N5/c18-16(3-5-22-6-4-16)11-25-13-7-14(9-23-8-13)26-12-1-2-15(24-10-12)17(19,20)21/h1-2,7-10,22,25-26H,3-6,11H2. The molecule has 1 fully saturated rings. The molecule has 5 nitrogen and oxygen atoms in total. The first-order valence-electron chi connectivity index (χ1n) is 8.23. The SMILES string of the molecule is FC1(CNc2cncc(Nc3ccc(C(F)(F)F)nc3)c2)CCNCC1. The Kier molecular flexibility index (Phi) is 5.26. The molecular weight excluding hydrogens is 350 g/mol. The molecule has 3 rings (SSSR count). The zero-order valence-corrected chi connectivity index (χ0v) is 13.9. The van der Waals surface area contributed by atoms with Crippen molar-refractivity contribution in [2.75, 3.05) is 30.3 Å². The van der Waals surface area contributed by atoms with E-state index in [0.717, 1.165) is 12.3 Å². The van der Waals surface area contributed by atoms with Gasteiger partial charge in [-0.25, -0.2) is 9.37 Å². The van der Waals surface area contributed by atoms with Crippen LogP contribution in [0.3, 0.4) is 0 Å². The van der Waals surface area contributed by atoms with E-state index in [1.54, 1.807) is 12.3 Å². The van der Waals surface area contributed by atoms with Crippen molar-refractivity contribution in [1.29, 1.82) is 0 Å². The van der Waals surface area contributed by atoms with Gasteiger partial charge in [0, 0.05) is 6.54 Å². The summed E-state index contributed by atoms with van der Waals surface area (Å²) < 4.78 is 52.2. The Hall–Kier alpha value is -2.42. The average Bonchev–Trinajstić information content (AvgIpc) is 2.61. The highest BCUT2D eigenvalue weighted by molar-refractivity contribution is 5.62. The lowest BCUT2D eigenvalue weighted by Crippen LogP contribution is -2.43. The van der Waals surface area contributed by atoms with Crippen LogP contribution in [0.2, 0.25) is 0 Å². The van der Waals surface area contributed by atoms with Crippen LogP contribution in [0.5, 0.6) is 0 Å². The van der Waals surface area contributed by atoms with Crippen LogP contribution in [-0.4, -0.2) is 35.3 Å². The highest BCUT2D eigenvalue weighted by Gasteiger charge is 2.32. The fraction of sp³-hybridized carbons (Fsp3) is 0.412. The number of nitrogens with zero attached hydrogens (tertiary/aromatic N) is 2. The number of anilines is 3. The minimum Gasteiger partial charge on any atom is -0.381 e. The Morgan fingerprint density at radius 1 is 1.04 bits per heavy atom. The predicted octanol–water partition coefficient (Wildman–Crippen LogP) is 3.74. The number of hydrogen-bond donors (Lipinski definition) is 3. The maximum absolute atomic E-state index is 14.6. The van der Waals surface area contributed by atoms with Crippen LogP contribution >= 0.6 is 0 Å². The van der Waals surface area contributed by atoms with Gasteiger partial charge in [-0.15, -0.1) is 0 Å². The van der Waals surface area contributed by atoms with Gasteiger partial charge in [-0.05, 0) is 44.1 Å². The Morgan fingerprint density at radius 3 is 2.42 bits per heavy atom. The van der Waals surface area contributed by atoms with E-state index in [-0.39, 0.29) is 6.54 Å². The van der Waals surface area contributed by atoms with Crippen molar-refractivity contribution in [3.8, 4) is 0 Å². The van der Waals surface area contributed by atoms with Crippen molar-refractivity contribution in [2.24, 2.45) is 0 Å². The molecule has 0 radical (unpaired) electrons. The van der Waals surface area contributed by atoms with Crippen molar-refractivity contribution in [1.82, 2.24) is 15.3 Å². The van der Waals surface area contributed by atoms with E-state index < -0.39 is 17.5 Å². The smallest absolute Gasteiger partial charge is 0.381 e. The number of rotatable bonds is 5. The molecule has 140 valence electrons. The number of piperidine rings is 1. The third-order valence-corrected chi connectivity index (χ3v) is 4.19. The maximum atomic E-state index is 14.6. The molecule has 3 heterocycles. The Bertz CT molecular complexity index is 727. The summed E-state index contributed by atoms with van der Waals surface area (Å²) in [5, 5.41) is 9.10. The van der Waals surface area contributed by atoms with E-state index in [2.05, 4.69) is 25.9 Å². The molecule has 0 aliphatic carbocycles. The lowest BCUT2D eigenvalue weighted by molar-refractivity contribution is -0.141. The van der Waals surface area contributed by atoms with E-state index in [1.807, 2.05) is 0 Å². The van der Waals surface area contributed by atoms with Gasteiger partial charge in [-0.3, -0.25) is 4.98 Å². The fourth-order valence-corrected chi connectivity index (χ4v) is 2.72. The minimum absolute atomic E-state index is 0.182. The number of halogens is 4. The second kappa shape index (κ2) is 7.45. The summed E-state index contributed by atoms with van der Waals surface area (Å²) >= 11 is 0. The molecule has 0 bridgehead atoms. The van der Waals surface area contributed by atoms with E-state index in [0.29, 0.717) is 43.0 Å². The number of pyridine rings is 2. The van der Waals surface area contributed by atoms with Gasteiger partial charge in [0.05, 0.1) is 35.7 Å². The summed E-state index contributed by atoms with van der Waals surface area (Å²) in [5.74, 6) is 0. The maximum Gasteiger partial charge on any atom is 0.433 e. The molecule has 0 atom stereocenters. The quantitative estimate of drug-likeness (QED) is 0.701.